The number of carbonyl (C=O) groups is 1. The molecule has 132 valence electrons. The lowest BCUT2D eigenvalue weighted by molar-refractivity contribution is -0.383. The fourth-order valence-electron chi connectivity index (χ4n) is 2.37. The van der Waals surface area contributed by atoms with Gasteiger partial charge in [0.05, 0.1) is 11.0 Å². The summed E-state index contributed by atoms with van der Waals surface area (Å²) >= 11 is 12.1. The highest BCUT2D eigenvalue weighted by atomic mass is 35.5. The van der Waals surface area contributed by atoms with E-state index in [1.165, 1.54) is 12.1 Å². The normalized spacial score (nSPS) is 13.1. The van der Waals surface area contributed by atoms with E-state index in [1.807, 2.05) is 6.92 Å². The zero-order chi connectivity index (χ0) is 18.6. The lowest BCUT2D eigenvalue weighted by Gasteiger charge is -2.21. The first-order chi connectivity index (χ1) is 11.8. The Balaban J connectivity index is 2.06. The van der Waals surface area contributed by atoms with E-state index in [1.54, 1.807) is 37.3 Å². The zero-order valence-electron chi connectivity index (χ0n) is 13.6. The number of nitrogens with one attached hydrogen (secondary N) is 2. The lowest BCUT2D eigenvalue weighted by atomic mass is 10.1. The van der Waals surface area contributed by atoms with Gasteiger partial charge < -0.3 is 5.32 Å². The van der Waals surface area contributed by atoms with Crippen LogP contribution in [0.2, 0.25) is 10.0 Å². The maximum Gasteiger partial charge on any atom is 0.292 e. The molecule has 0 spiro atoms. The molecule has 8 heteroatoms. The predicted molar refractivity (Wildman–Crippen MR) is 99.2 cm³/mol. The van der Waals surface area contributed by atoms with Crippen molar-refractivity contribution in [1.29, 1.82) is 0 Å². The molecule has 0 aliphatic heterocycles. The monoisotopic (exact) mass is 381 g/mol. The van der Waals surface area contributed by atoms with Crippen molar-refractivity contribution in [2.75, 3.05) is 5.32 Å². The van der Waals surface area contributed by atoms with Crippen LogP contribution in [0.3, 0.4) is 0 Å². The Labute approximate surface area is 155 Å². The fraction of sp³-hybridized carbons (Fsp3) is 0.235. The van der Waals surface area contributed by atoms with Gasteiger partial charge in [0.2, 0.25) is 5.91 Å². The first-order valence-corrected chi connectivity index (χ1v) is 8.30. The van der Waals surface area contributed by atoms with Gasteiger partial charge in [0.15, 0.2) is 0 Å². The topological polar surface area (TPSA) is 84.3 Å². The second-order valence-electron chi connectivity index (χ2n) is 5.54. The molecular weight excluding hydrogens is 365 g/mol. The number of nitro benzene ring substituents is 1. The van der Waals surface area contributed by atoms with Crippen LogP contribution in [-0.4, -0.2) is 16.9 Å². The van der Waals surface area contributed by atoms with Gasteiger partial charge in [0, 0.05) is 22.2 Å². The first kappa shape index (κ1) is 19.2. The number of benzene rings is 2. The molecule has 0 saturated heterocycles. The number of anilines is 1. The summed E-state index contributed by atoms with van der Waals surface area (Å²) < 4.78 is 0. The van der Waals surface area contributed by atoms with Gasteiger partial charge in [-0.05, 0) is 37.6 Å². The standard InChI is InChI=1S/C17H17Cl2N3O3/c1-10(13-8-7-12(18)9-14(13)19)20-11(2)17(23)21-15-5-3-4-6-16(15)22(24)25/h3-11,20H,1-2H3,(H,21,23). The van der Waals surface area contributed by atoms with Crippen LogP contribution in [0.4, 0.5) is 11.4 Å². The highest BCUT2D eigenvalue weighted by molar-refractivity contribution is 6.35. The molecule has 2 unspecified atom stereocenters. The summed E-state index contributed by atoms with van der Waals surface area (Å²) in [5.41, 5.74) is 0.802. The average molecular weight is 382 g/mol. The van der Waals surface area contributed by atoms with Crippen LogP contribution in [0, 0.1) is 10.1 Å². The Morgan fingerprint density at radius 1 is 1.16 bits per heavy atom. The number of hydrogen-bond acceptors (Lipinski definition) is 4. The van der Waals surface area contributed by atoms with Crippen LogP contribution in [0.25, 0.3) is 0 Å². The Morgan fingerprint density at radius 3 is 2.48 bits per heavy atom. The Kier molecular flexibility index (Phi) is 6.36. The summed E-state index contributed by atoms with van der Waals surface area (Å²) in [6, 6.07) is 10.3. The minimum absolute atomic E-state index is 0.156. The molecule has 0 radical (unpaired) electrons. The van der Waals surface area contributed by atoms with Crippen molar-refractivity contribution >= 4 is 40.5 Å². The Bertz CT molecular complexity index is 798. The second-order valence-corrected chi connectivity index (χ2v) is 6.38. The molecule has 2 aromatic rings. The number of nitro groups is 1. The van der Waals surface area contributed by atoms with E-state index in [0.29, 0.717) is 10.0 Å². The van der Waals surface area contributed by atoms with Crippen LogP contribution >= 0.6 is 23.2 Å². The Morgan fingerprint density at radius 2 is 1.84 bits per heavy atom. The minimum atomic E-state index is -0.596. The van der Waals surface area contributed by atoms with Gasteiger partial charge >= 0.3 is 0 Å². The number of halogens is 2. The van der Waals surface area contributed by atoms with Crippen LogP contribution < -0.4 is 10.6 Å². The van der Waals surface area contributed by atoms with E-state index in [-0.39, 0.29) is 23.3 Å². The van der Waals surface area contributed by atoms with Gasteiger partial charge in [-0.1, -0.05) is 41.4 Å². The van der Waals surface area contributed by atoms with E-state index < -0.39 is 11.0 Å². The summed E-state index contributed by atoms with van der Waals surface area (Å²) in [5.74, 6) is -0.383. The van der Waals surface area contributed by atoms with Crippen LogP contribution in [0.15, 0.2) is 42.5 Å². The number of rotatable bonds is 6. The minimum Gasteiger partial charge on any atom is -0.319 e. The molecule has 1 amide bonds. The molecule has 2 rings (SSSR count). The molecule has 0 aliphatic rings. The summed E-state index contributed by atoms with van der Waals surface area (Å²) in [4.78, 5) is 22.8. The molecule has 0 bridgehead atoms. The molecule has 0 fully saturated rings. The van der Waals surface area contributed by atoms with E-state index in [0.717, 1.165) is 5.56 Å². The molecule has 2 atom stereocenters. The van der Waals surface area contributed by atoms with E-state index >= 15 is 0 Å². The highest BCUT2D eigenvalue weighted by Gasteiger charge is 2.21. The van der Waals surface area contributed by atoms with Crippen molar-refractivity contribution in [3.8, 4) is 0 Å². The molecule has 0 aromatic heterocycles. The molecule has 2 N–H and O–H groups in total. The van der Waals surface area contributed by atoms with Crippen LogP contribution in [0.1, 0.15) is 25.5 Å². The van der Waals surface area contributed by atoms with Crippen molar-refractivity contribution in [2.45, 2.75) is 25.9 Å². The van der Waals surface area contributed by atoms with E-state index in [9.17, 15) is 14.9 Å². The van der Waals surface area contributed by atoms with Gasteiger partial charge in [-0.2, -0.15) is 0 Å². The van der Waals surface area contributed by atoms with Crippen molar-refractivity contribution in [2.24, 2.45) is 0 Å². The number of nitrogens with zero attached hydrogens (tertiary/aromatic N) is 1. The third-order valence-electron chi connectivity index (χ3n) is 3.68. The highest BCUT2D eigenvalue weighted by Crippen LogP contribution is 2.27. The molecule has 0 aliphatic carbocycles. The lowest BCUT2D eigenvalue weighted by Crippen LogP contribution is -2.39. The zero-order valence-corrected chi connectivity index (χ0v) is 15.1. The number of amides is 1. The van der Waals surface area contributed by atoms with Crippen LogP contribution in [0.5, 0.6) is 0 Å². The summed E-state index contributed by atoms with van der Waals surface area (Å²) in [5, 5.41) is 17.7. The van der Waals surface area contributed by atoms with E-state index in [2.05, 4.69) is 10.6 Å². The molecule has 0 heterocycles. The predicted octanol–water partition coefficient (Wildman–Crippen LogP) is 4.58. The van der Waals surface area contributed by atoms with Gasteiger partial charge in [-0.25, -0.2) is 0 Å². The maximum atomic E-state index is 12.3. The number of hydrogen-bond donors (Lipinski definition) is 2. The summed E-state index contributed by atoms with van der Waals surface area (Å²) in [7, 11) is 0. The molecule has 25 heavy (non-hydrogen) atoms. The molecular formula is C17H17Cl2N3O3. The first-order valence-electron chi connectivity index (χ1n) is 7.55. The van der Waals surface area contributed by atoms with Crippen molar-refractivity contribution in [3.05, 3.63) is 68.2 Å². The maximum absolute atomic E-state index is 12.3. The van der Waals surface area contributed by atoms with Crippen molar-refractivity contribution < 1.29 is 9.72 Å². The smallest absolute Gasteiger partial charge is 0.292 e. The molecule has 0 saturated carbocycles. The van der Waals surface area contributed by atoms with Crippen molar-refractivity contribution in [3.63, 3.8) is 0 Å². The quantitative estimate of drug-likeness (QED) is 0.566. The van der Waals surface area contributed by atoms with Crippen molar-refractivity contribution in [1.82, 2.24) is 5.32 Å². The molecule has 6 nitrogen and oxygen atoms in total. The third-order valence-corrected chi connectivity index (χ3v) is 4.24. The van der Waals surface area contributed by atoms with Gasteiger partial charge in [0.25, 0.3) is 5.69 Å². The second kappa shape index (κ2) is 8.29. The molecule has 2 aromatic carbocycles. The Hall–Kier alpha value is -2.15. The number of para-hydroxylation sites is 2. The van der Waals surface area contributed by atoms with E-state index in [4.69, 9.17) is 23.2 Å². The van der Waals surface area contributed by atoms with Gasteiger partial charge in [-0.15, -0.1) is 0 Å². The summed E-state index contributed by atoms with van der Waals surface area (Å²) in [6.07, 6.45) is 0. The fourth-order valence-corrected chi connectivity index (χ4v) is 2.94. The van der Waals surface area contributed by atoms with Gasteiger partial charge in [0.1, 0.15) is 5.69 Å². The third kappa shape index (κ3) is 4.92. The van der Waals surface area contributed by atoms with Gasteiger partial charge in [-0.3, -0.25) is 20.2 Å². The number of carbonyl (C=O) groups excluding carboxylic acids is 1. The SMILES string of the molecule is CC(NC(C)c1ccc(Cl)cc1Cl)C(=O)Nc1ccccc1[N+](=O)[O-]. The largest absolute Gasteiger partial charge is 0.319 e. The summed E-state index contributed by atoms with van der Waals surface area (Å²) in [6.45, 7) is 3.54. The van der Waals surface area contributed by atoms with Crippen LogP contribution in [-0.2, 0) is 4.79 Å². The average Bonchev–Trinajstić information content (AvgIpc) is 2.54.